The molecule has 0 N–H and O–H groups in total. The van der Waals surface area contributed by atoms with E-state index in [4.69, 9.17) is 0 Å². The molecule has 0 nitrogen and oxygen atoms in total. The summed E-state index contributed by atoms with van der Waals surface area (Å²) in [5.74, 6) is 32.0. The summed E-state index contributed by atoms with van der Waals surface area (Å²) >= 11 is 0. The Hall–Kier alpha value is -0.780. The minimum Gasteiger partial charge on any atom is -0.0845 e. The van der Waals surface area contributed by atoms with Crippen molar-refractivity contribution in [2.45, 2.75) is 39.0 Å². The van der Waals surface area contributed by atoms with Gasteiger partial charge in [-0.1, -0.05) is 42.4 Å². The Balaban J connectivity index is 1.10. The second-order valence-corrected chi connectivity index (χ2v) is 20.4. The van der Waals surface area contributed by atoms with Crippen molar-refractivity contribution in [3.8, 4) is 0 Å². The van der Waals surface area contributed by atoms with E-state index in [0.29, 0.717) is 0 Å². The van der Waals surface area contributed by atoms with E-state index in [1.165, 1.54) is 47.3 Å². The average molecular weight is 539 g/mol. The van der Waals surface area contributed by atoms with Gasteiger partial charge in [0.2, 0.25) is 0 Å². The van der Waals surface area contributed by atoms with Crippen molar-refractivity contribution in [3.63, 3.8) is 0 Å². The Kier molecular flexibility index (Phi) is 2.77. The van der Waals surface area contributed by atoms with E-state index < -0.39 is 0 Å². The molecule has 41 heavy (non-hydrogen) atoms. The minimum atomic E-state index is 0.897. The highest BCUT2D eigenvalue weighted by atomic mass is 14.9. The lowest BCUT2D eigenvalue weighted by Gasteiger charge is -2.61. The van der Waals surface area contributed by atoms with Gasteiger partial charge in [-0.3, -0.25) is 0 Å². The average Bonchev–Trinajstić information content (AvgIpc) is 3.80. The number of fused-ring (bicyclic) bond motifs is 5. The summed E-state index contributed by atoms with van der Waals surface area (Å²) in [7, 11) is 0. The third kappa shape index (κ3) is 1.55. The highest BCUT2D eigenvalue weighted by molar-refractivity contribution is 5.51. The Morgan fingerprint density at radius 1 is 0.366 bits per heavy atom. The van der Waals surface area contributed by atoms with Crippen LogP contribution in [0.25, 0.3) is 0 Å². The summed E-state index contributed by atoms with van der Waals surface area (Å²) in [5, 5.41) is 0. The van der Waals surface area contributed by atoms with Crippen molar-refractivity contribution < 1.29 is 0 Å². The third-order valence-electron chi connectivity index (χ3n) is 21.7. The molecule has 29 atom stereocenters. The predicted molar refractivity (Wildman–Crippen MR) is 155 cm³/mol. The summed E-state index contributed by atoms with van der Waals surface area (Å²) in [5.41, 5.74) is 4.62. The first-order chi connectivity index (χ1) is 20.3. The minimum absolute atomic E-state index is 0.897. The van der Waals surface area contributed by atoms with Gasteiger partial charge in [0.1, 0.15) is 0 Å². The van der Waals surface area contributed by atoms with Crippen LogP contribution in [0.15, 0.2) is 35.5 Å². The zero-order valence-electron chi connectivity index (χ0n) is 24.6. The summed E-state index contributed by atoms with van der Waals surface area (Å²) in [6.45, 7) is 2.83. The Bertz CT molecular complexity index is 1530. The molecule has 0 aliphatic heterocycles. The maximum atomic E-state index is 2.96. The van der Waals surface area contributed by atoms with Gasteiger partial charge in [0, 0.05) is 0 Å². The molecule has 29 unspecified atom stereocenters. The van der Waals surface area contributed by atoms with E-state index in [1.54, 1.807) is 32.1 Å². The van der Waals surface area contributed by atoms with Crippen molar-refractivity contribution in [3.05, 3.63) is 35.5 Å². The van der Waals surface area contributed by atoms with Crippen LogP contribution < -0.4 is 0 Å². The predicted octanol–water partition coefficient (Wildman–Crippen LogP) is 7.45. The smallest absolute Gasteiger partial charge is 0.00913 e. The van der Waals surface area contributed by atoms with E-state index in [1.807, 2.05) is 0 Å². The van der Waals surface area contributed by atoms with Gasteiger partial charge in [0.05, 0.1) is 0 Å². The van der Waals surface area contributed by atoms with Crippen molar-refractivity contribution in [2.75, 3.05) is 0 Å². The van der Waals surface area contributed by atoms with Gasteiger partial charge < -0.3 is 0 Å². The van der Waals surface area contributed by atoms with Crippen LogP contribution in [0.3, 0.4) is 0 Å². The van der Waals surface area contributed by atoms with Gasteiger partial charge in [0.25, 0.3) is 0 Å². The van der Waals surface area contributed by atoms with E-state index in [9.17, 15) is 0 Å². The molecular weight excluding hydrogens is 492 g/mol. The topological polar surface area (TPSA) is 0 Å². The van der Waals surface area contributed by atoms with Crippen molar-refractivity contribution in [1.82, 2.24) is 0 Å². The number of hydrogen-bond donors (Lipinski definition) is 0. The van der Waals surface area contributed by atoms with E-state index in [2.05, 4.69) is 42.4 Å². The zero-order chi connectivity index (χ0) is 25.3. The molecule has 16 aliphatic carbocycles. The standard InChI is InChI=1S/C41H46/c1-11-10-20-18-7-6-16-14-3-2-12-13-4-5-15-17-8-9-19-21(11)31-30(20)35-28(18)26(16)33-23(14)22(12)32-24(13)25(15)34-27(17)29(19)36(31)41-39(34)37(32)38(33)40(35)41/h2-5,11-31,33-36,38-41H,6-10H2,1H3. The number of allylic oxidation sites excluding steroid dienone is 6. The quantitative estimate of drug-likeness (QED) is 0.281. The molecule has 0 aromatic rings. The third-order valence-corrected chi connectivity index (χ3v) is 21.7. The monoisotopic (exact) mass is 538 g/mol. The van der Waals surface area contributed by atoms with Crippen molar-refractivity contribution in [2.24, 2.45) is 172 Å². The van der Waals surface area contributed by atoms with Crippen molar-refractivity contribution >= 4 is 0 Å². The molecule has 0 bridgehead atoms. The summed E-state index contributed by atoms with van der Waals surface area (Å²) in [6.07, 6.45) is 20.0. The second kappa shape index (κ2) is 5.59. The second-order valence-electron chi connectivity index (χ2n) is 20.4. The van der Waals surface area contributed by atoms with Crippen LogP contribution in [-0.2, 0) is 0 Å². The molecular formula is C41H46. The molecule has 16 aliphatic rings. The molecule has 16 rings (SSSR count). The lowest BCUT2D eigenvalue weighted by Crippen LogP contribution is -2.58. The molecule has 0 aromatic carbocycles. The molecule has 0 aromatic heterocycles. The molecule has 0 radical (unpaired) electrons. The van der Waals surface area contributed by atoms with Gasteiger partial charge >= 0.3 is 0 Å². The first-order valence-electron chi connectivity index (χ1n) is 19.4. The fourth-order valence-corrected chi connectivity index (χ4v) is 23.0. The zero-order valence-corrected chi connectivity index (χ0v) is 24.6. The highest BCUT2D eigenvalue weighted by Gasteiger charge is 2.86. The van der Waals surface area contributed by atoms with E-state index in [0.717, 1.165) is 124 Å². The maximum Gasteiger partial charge on any atom is -0.00913 e. The van der Waals surface area contributed by atoms with Crippen LogP contribution in [0.1, 0.15) is 39.0 Å². The molecule has 0 heterocycles. The fourth-order valence-electron chi connectivity index (χ4n) is 23.0. The van der Waals surface area contributed by atoms with E-state index >= 15 is 0 Å². The van der Waals surface area contributed by atoms with Gasteiger partial charge in [0.15, 0.2) is 0 Å². The summed E-state index contributed by atoms with van der Waals surface area (Å²) < 4.78 is 0. The Morgan fingerprint density at radius 2 is 0.805 bits per heavy atom. The van der Waals surface area contributed by atoms with Crippen LogP contribution >= 0.6 is 0 Å². The van der Waals surface area contributed by atoms with E-state index in [-0.39, 0.29) is 0 Å². The molecule has 0 spiro atoms. The number of rotatable bonds is 0. The van der Waals surface area contributed by atoms with Crippen LogP contribution in [0.2, 0.25) is 0 Å². The summed E-state index contributed by atoms with van der Waals surface area (Å²) in [6, 6.07) is 0. The van der Waals surface area contributed by atoms with Gasteiger partial charge in [-0.15, -0.1) is 0 Å². The molecule has 0 amide bonds. The van der Waals surface area contributed by atoms with Gasteiger partial charge in [-0.2, -0.15) is 0 Å². The Morgan fingerprint density at radius 3 is 1.49 bits per heavy atom. The SMILES string of the molecule is CC1CC2C3CCC4C5C=CC6C7C=CC8C9CCC%10C1C1C2C2C3C4C3C4C%11=C(C6C53)C7C8C3C%11C(C42)C1C%10C93. The van der Waals surface area contributed by atoms with Crippen LogP contribution in [-0.4, -0.2) is 0 Å². The molecule has 0 heteroatoms. The number of hydrogen-bond acceptors (Lipinski definition) is 0. The Labute approximate surface area is 245 Å². The highest BCUT2D eigenvalue weighted by Crippen LogP contribution is 2.91. The fraction of sp³-hybridized carbons (Fsp3) is 0.854. The van der Waals surface area contributed by atoms with Crippen molar-refractivity contribution in [1.29, 1.82) is 0 Å². The largest absolute Gasteiger partial charge is 0.0845 e. The first-order valence-corrected chi connectivity index (χ1v) is 19.4. The van der Waals surface area contributed by atoms with Crippen LogP contribution in [0.4, 0.5) is 0 Å². The molecule has 0 saturated heterocycles. The van der Waals surface area contributed by atoms with Crippen LogP contribution in [0, 0.1) is 172 Å². The molecule has 12 fully saturated rings. The lowest BCUT2D eigenvalue weighted by atomic mass is 9.43. The lowest BCUT2D eigenvalue weighted by molar-refractivity contribution is -0.149. The van der Waals surface area contributed by atoms with Gasteiger partial charge in [-0.05, 0) is 204 Å². The summed E-state index contributed by atoms with van der Waals surface area (Å²) in [4.78, 5) is 0. The van der Waals surface area contributed by atoms with Crippen LogP contribution in [0.5, 0.6) is 0 Å². The van der Waals surface area contributed by atoms with Gasteiger partial charge in [-0.25, -0.2) is 0 Å². The molecule has 210 valence electrons. The normalized spacial score (nSPS) is 82.7. The first kappa shape index (κ1) is 20.3. The maximum absolute atomic E-state index is 2.96. The molecule has 12 saturated carbocycles.